The Morgan fingerprint density at radius 2 is 2.00 bits per heavy atom. The number of guanidine groups is 1. The van der Waals surface area contributed by atoms with Crippen LogP contribution in [-0.2, 0) is 19.6 Å². The van der Waals surface area contributed by atoms with Crippen molar-refractivity contribution in [1.29, 1.82) is 0 Å². The van der Waals surface area contributed by atoms with Crippen LogP contribution in [0.1, 0.15) is 23.6 Å². The van der Waals surface area contributed by atoms with Gasteiger partial charge in [0.05, 0.1) is 20.3 Å². The minimum absolute atomic E-state index is 0.273. The fourth-order valence-corrected chi connectivity index (χ4v) is 2.80. The Labute approximate surface area is 164 Å². The molecule has 0 fully saturated rings. The van der Waals surface area contributed by atoms with Crippen LogP contribution in [0.3, 0.4) is 0 Å². The average Bonchev–Trinajstić information content (AvgIpc) is 2.68. The number of aliphatic hydroxyl groups excluding tert-OH is 1. The Bertz CT molecular complexity index is 784. The van der Waals surface area contributed by atoms with E-state index in [4.69, 9.17) is 21.4 Å². The summed E-state index contributed by atoms with van der Waals surface area (Å²) in [6, 6.07) is 10.3. The van der Waals surface area contributed by atoms with Crippen molar-refractivity contribution in [1.82, 2.24) is 10.6 Å². The van der Waals surface area contributed by atoms with Crippen molar-refractivity contribution in [2.45, 2.75) is 26.5 Å². The van der Waals surface area contributed by atoms with E-state index in [-0.39, 0.29) is 12.2 Å². The van der Waals surface area contributed by atoms with Gasteiger partial charge in [0.15, 0.2) is 5.96 Å². The maximum atomic E-state index is 13.5. The largest absolute Gasteiger partial charge is 0.497 e. The van der Waals surface area contributed by atoms with Crippen molar-refractivity contribution in [2.24, 2.45) is 4.99 Å². The molecule has 0 amide bonds. The van der Waals surface area contributed by atoms with Crippen molar-refractivity contribution in [3.05, 3.63) is 63.9 Å². The van der Waals surface area contributed by atoms with E-state index in [1.165, 1.54) is 6.07 Å². The molecule has 146 valence electrons. The second-order valence-corrected chi connectivity index (χ2v) is 6.32. The smallest absolute Gasteiger partial charge is 0.191 e. The van der Waals surface area contributed by atoms with Gasteiger partial charge in [-0.2, -0.15) is 0 Å². The van der Waals surface area contributed by atoms with Crippen molar-refractivity contribution < 1.29 is 14.2 Å². The Kier molecular flexibility index (Phi) is 8.36. The number of hydrogen-bond acceptors (Lipinski definition) is 3. The van der Waals surface area contributed by atoms with Crippen LogP contribution < -0.4 is 15.4 Å². The summed E-state index contributed by atoms with van der Waals surface area (Å²) in [5.41, 5.74) is 2.12. The lowest BCUT2D eigenvalue weighted by Gasteiger charge is -2.12. The van der Waals surface area contributed by atoms with E-state index in [2.05, 4.69) is 15.6 Å². The Morgan fingerprint density at radius 1 is 1.19 bits per heavy atom. The highest BCUT2D eigenvalue weighted by Crippen LogP contribution is 2.22. The minimum atomic E-state index is -0.411. The molecule has 0 atom stereocenters. The number of aliphatic hydroxyl groups is 1. The molecule has 7 heteroatoms. The van der Waals surface area contributed by atoms with E-state index >= 15 is 0 Å². The second kappa shape index (κ2) is 10.7. The molecular formula is C20H25ClFN3O2. The lowest BCUT2D eigenvalue weighted by Crippen LogP contribution is -2.38. The van der Waals surface area contributed by atoms with Crippen LogP contribution in [0, 0.1) is 5.82 Å². The summed E-state index contributed by atoms with van der Waals surface area (Å²) in [5.74, 6) is 0.983. The van der Waals surface area contributed by atoms with Gasteiger partial charge in [0.2, 0.25) is 0 Å². The summed E-state index contributed by atoms with van der Waals surface area (Å²) in [7, 11) is 1.61. The zero-order valence-corrected chi connectivity index (χ0v) is 16.3. The van der Waals surface area contributed by atoms with Gasteiger partial charge in [0.25, 0.3) is 0 Å². The summed E-state index contributed by atoms with van der Waals surface area (Å²) in [4.78, 5) is 4.51. The topological polar surface area (TPSA) is 65.9 Å². The van der Waals surface area contributed by atoms with E-state index in [0.717, 1.165) is 29.8 Å². The van der Waals surface area contributed by atoms with Gasteiger partial charge < -0.3 is 20.5 Å². The lowest BCUT2D eigenvalue weighted by atomic mass is 10.1. The maximum absolute atomic E-state index is 13.5. The number of aliphatic imine (C=N–C) groups is 1. The summed E-state index contributed by atoms with van der Waals surface area (Å²) in [6.45, 7) is 3.42. The molecule has 2 rings (SSSR count). The van der Waals surface area contributed by atoms with Crippen molar-refractivity contribution in [3.63, 3.8) is 0 Å². The van der Waals surface area contributed by atoms with Crippen molar-refractivity contribution >= 4 is 17.6 Å². The molecule has 0 saturated heterocycles. The van der Waals surface area contributed by atoms with Gasteiger partial charge in [0.1, 0.15) is 11.6 Å². The highest BCUT2D eigenvalue weighted by atomic mass is 35.5. The first-order chi connectivity index (χ1) is 13.1. The normalized spacial score (nSPS) is 11.4. The van der Waals surface area contributed by atoms with Gasteiger partial charge in [-0.3, -0.25) is 0 Å². The third-order valence-corrected chi connectivity index (χ3v) is 4.34. The summed E-state index contributed by atoms with van der Waals surface area (Å²) in [5, 5.41) is 16.3. The number of halogens is 2. The maximum Gasteiger partial charge on any atom is 0.191 e. The number of nitrogens with one attached hydrogen (secondary N) is 2. The Morgan fingerprint density at radius 3 is 2.67 bits per heavy atom. The highest BCUT2D eigenvalue weighted by molar-refractivity contribution is 6.31. The summed E-state index contributed by atoms with van der Waals surface area (Å²) < 4.78 is 18.6. The third kappa shape index (κ3) is 6.41. The van der Waals surface area contributed by atoms with Gasteiger partial charge >= 0.3 is 0 Å². The molecule has 5 nitrogen and oxygen atoms in total. The zero-order valence-electron chi connectivity index (χ0n) is 15.6. The molecular weight excluding hydrogens is 369 g/mol. The van der Waals surface area contributed by atoms with E-state index in [1.807, 2.05) is 19.1 Å². The molecule has 0 radical (unpaired) electrons. The first-order valence-electron chi connectivity index (χ1n) is 8.80. The second-order valence-electron chi connectivity index (χ2n) is 5.91. The number of hydrogen-bond donors (Lipinski definition) is 3. The average molecular weight is 394 g/mol. The van der Waals surface area contributed by atoms with E-state index in [1.54, 1.807) is 25.3 Å². The summed E-state index contributed by atoms with van der Waals surface area (Å²) in [6.07, 6.45) is 0.735. The Balaban J connectivity index is 1.95. The monoisotopic (exact) mass is 393 g/mol. The first-order valence-corrected chi connectivity index (χ1v) is 9.18. The van der Waals surface area contributed by atoms with Crippen LogP contribution in [0.15, 0.2) is 41.4 Å². The molecule has 0 aliphatic carbocycles. The van der Waals surface area contributed by atoms with Gasteiger partial charge in [-0.25, -0.2) is 9.38 Å². The van der Waals surface area contributed by atoms with Crippen molar-refractivity contribution in [3.8, 4) is 5.75 Å². The first kappa shape index (κ1) is 21.0. The van der Waals surface area contributed by atoms with Gasteiger partial charge in [0, 0.05) is 23.7 Å². The SMILES string of the molecule is CCNC(=NCc1ccc(F)c(CO)c1)NCCc1ccc(OC)cc1Cl. The number of rotatable bonds is 8. The van der Waals surface area contributed by atoms with Gasteiger partial charge in [-0.05, 0) is 48.7 Å². The third-order valence-electron chi connectivity index (χ3n) is 3.99. The van der Waals surface area contributed by atoms with E-state index in [0.29, 0.717) is 24.1 Å². The van der Waals surface area contributed by atoms with E-state index in [9.17, 15) is 4.39 Å². The molecule has 0 heterocycles. The molecule has 0 aromatic heterocycles. The fraction of sp³-hybridized carbons (Fsp3) is 0.350. The molecule has 0 bridgehead atoms. The van der Waals surface area contributed by atoms with E-state index < -0.39 is 5.82 Å². The molecule has 0 aliphatic rings. The standard InChI is InChI=1S/C20H25ClFN3O2/c1-3-23-20(25-12-14-4-7-19(22)16(10-14)13-26)24-9-8-15-5-6-17(27-2)11-18(15)21/h4-7,10-11,26H,3,8-9,12-13H2,1-2H3,(H2,23,24,25). The van der Waals surface area contributed by atoms with Gasteiger partial charge in [-0.1, -0.05) is 23.7 Å². The molecule has 27 heavy (non-hydrogen) atoms. The van der Waals surface area contributed by atoms with Crippen LogP contribution in [0.25, 0.3) is 0 Å². The number of methoxy groups -OCH3 is 1. The number of ether oxygens (including phenoxy) is 1. The highest BCUT2D eigenvalue weighted by Gasteiger charge is 2.05. The minimum Gasteiger partial charge on any atom is -0.497 e. The van der Waals surface area contributed by atoms with Gasteiger partial charge in [-0.15, -0.1) is 0 Å². The molecule has 0 saturated carbocycles. The van der Waals surface area contributed by atoms with Crippen LogP contribution in [0.2, 0.25) is 5.02 Å². The molecule has 2 aromatic rings. The van der Waals surface area contributed by atoms with Crippen LogP contribution in [0.5, 0.6) is 5.75 Å². The fourth-order valence-electron chi connectivity index (χ4n) is 2.53. The van der Waals surface area contributed by atoms with Crippen LogP contribution in [0.4, 0.5) is 4.39 Å². The van der Waals surface area contributed by atoms with Crippen molar-refractivity contribution in [2.75, 3.05) is 20.2 Å². The lowest BCUT2D eigenvalue weighted by molar-refractivity contribution is 0.275. The molecule has 0 spiro atoms. The van der Waals surface area contributed by atoms with Crippen LogP contribution >= 0.6 is 11.6 Å². The summed E-state index contributed by atoms with van der Waals surface area (Å²) >= 11 is 6.26. The molecule has 0 aliphatic heterocycles. The zero-order chi connectivity index (χ0) is 19.6. The number of nitrogens with zero attached hydrogens (tertiary/aromatic N) is 1. The quantitative estimate of drug-likeness (QED) is 0.475. The molecule has 3 N–H and O–H groups in total. The molecule has 0 unspecified atom stereocenters. The number of benzene rings is 2. The van der Waals surface area contributed by atoms with Crippen LogP contribution in [-0.4, -0.2) is 31.3 Å². The predicted octanol–water partition coefficient (Wildman–Crippen LogP) is 3.28. The Hall–Kier alpha value is -2.31. The predicted molar refractivity (Wildman–Crippen MR) is 107 cm³/mol. The molecule has 2 aromatic carbocycles.